The molecule has 3 aromatic rings. The van der Waals surface area contributed by atoms with Crippen LogP contribution >= 0.6 is 12.2 Å². The van der Waals surface area contributed by atoms with Gasteiger partial charge in [-0.05, 0) is 12.5 Å². The van der Waals surface area contributed by atoms with Crippen LogP contribution in [0.1, 0.15) is 11.4 Å². The number of nitrogen functional groups attached to an aromatic ring is 1. The smallest absolute Gasteiger partial charge is 0.187 e. The molecule has 0 aliphatic heterocycles. The maximum atomic E-state index is 6.01. The van der Waals surface area contributed by atoms with Gasteiger partial charge in [0.05, 0.1) is 11.3 Å². The molecule has 0 spiro atoms. The lowest BCUT2D eigenvalue weighted by Crippen LogP contribution is -2.18. The maximum absolute atomic E-state index is 6.01. The van der Waals surface area contributed by atoms with E-state index < -0.39 is 0 Å². The van der Waals surface area contributed by atoms with E-state index >= 15 is 0 Å². The van der Waals surface area contributed by atoms with Crippen molar-refractivity contribution in [3.8, 4) is 11.1 Å². The molecule has 100 valence electrons. The predicted molar refractivity (Wildman–Crippen MR) is 81.3 cm³/mol. The molecule has 0 amide bonds. The van der Waals surface area contributed by atoms with Gasteiger partial charge in [0.2, 0.25) is 0 Å². The minimum absolute atomic E-state index is 0.103. The van der Waals surface area contributed by atoms with Crippen LogP contribution in [0.3, 0.4) is 0 Å². The molecule has 0 saturated heterocycles. The third-order valence-electron chi connectivity index (χ3n) is 3.05. The van der Waals surface area contributed by atoms with E-state index in [0.29, 0.717) is 11.5 Å². The topological polar surface area (TPSA) is 95.1 Å². The molecule has 1 aromatic carbocycles. The van der Waals surface area contributed by atoms with E-state index in [1.54, 1.807) is 0 Å². The second-order valence-corrected chi connectivity index (χ2v) is 4.80. The highest BCUT2D eigenvalue weighted by Crippen LogP contribution is 2.27. The number of anilines is 1. The SMILES string of the molecule is Cc1nn2c(N)c(C(N)=S)nnc2c1-c1ccccc1. The minimum atomic E-state index is 0.103. The molecule has 0 bridgehead atoms. The number of aryl methyl sites for hydroxylation is 1. The van der Waals surface area contributed by atoms with E-state index in [2.05, 4.69) is 15.3 Å². The van der Waals surface area contributed by atoms with Gasteiger partial charge < -0.3 is 11.5 Å². The summed E-state index contributed by atoms with van der Waals surface area (Å²) in [5, 5.41) is 12.6. The van der Waals surface area contributed by atoms with Gasteiger partial charge in [0.15, 0.2) is 17.2 Å². The van der Waals surface area contributed by atoms with Gasteiger partial charge in [0.25, 0.3) is 0 Å². The van der Waals surface area contributed by atoms with E-state index in [-0.39, 0.29) is 10.7 Å². The molecule has 0 saturated carbocycles. The molecule has 2 heterocycles. The summed E-state index contributed by atoms with van der Waals surface area (Å²) in [5.41, 5.74) is 15.2. The second-order valence-electron chi connectivity index (χ2n) is 4.36. The number of nitrogens with two attached hydrogens (primary N) is 2. The number of hydrogen-bond acceptors (Lipinski definition) is 5. The third kappa shape index (κ3) is 1.79. The number of nitrogens with zero attached hydrogens (tertiary/aromatic N) is 4. The molecule has 0 aliphatic carbocycles. The van der Waals surface area contributed by atoms with Crippen LogP contribution in [0, 0.1) is 6.92 Å². The van der Waals surface area contributed by atoms with Gasteiger partial charge in [0, 0.05) is 0 Å². The molecule has 0 unspecified atom stereocenters. The van der Waals surface area contributed by atoms with Crippen molar-refractivity contribution >= 4 is 28.7 Å². The van der Waals surface area contributed by atoms with Crippen molar-refractivity contribution in [1.29, 1.82) is 0 Å². The Morgan fingerprint density at radius 2 is 1.90 bits per heavy atom. The summed E-state index contributed by atoms with van der Waals surface area (Å²) in [6, 6.07) is 9.85. The first-order valence-corrected chi connectivity index (χ1v) is 6.37. The zero-order chi connectivity index (χ0) is 14.3. The Morgan fingerprint density at radius 1 is 1.20 bits per heavy atom. The Morgan fingerprint density at radius 3 is 2.55 bits per heavy atom. The number of aromatic nitrogens is 4. The molecule has 0 radical (unpaired) electrons. The molecule has 2 aromatic heterocycles. The highest BCUT2D eigenvalue weighted by molar-refractivity contribution is 7.80. The van der Waals surface area contributed by atoms with Crippen molar-refractivity contribution in [1.82, 2.24) is 19.8 Å². The molecule has 20 heavy (non-hydrogen) atoms. The van der Waals surface area contributed by atoms with Gasteiger partial charge in [-0.1, -0.05) is 42.5 Å². The number of rotatable bonds is 2. The fraction of sp³-hybridized carbons (Fsp3) is 0.0769. The first-order chi connectivity index (χ1) is 9.59. The van der Waals surface area contributed by atoms with Crippen LogP contribution in [0.4, 0.5) is 5.82 Å². The van der Waals surface area contributed by atoms with E-state index in [0.717, 1.165) is 16.8 Å². The van der Waals surface area contributed by atoms with Gasteiger partial charge >= 0.3 is 0 Å². The number of hydrogen-bond donors (Lipinski definition) is 2. The highest BCUT2D eigenvalue weighted by atomic mass is 32.1. The third-order valence-corrected chi connectivity index (χ3v) is 3.24. The standard InChI is InChI=1S/C13H12N6S/c1-7-9(8-5-3-2-4-6-8)13-17-16-10(12(15)20)11(14)19(13)18-7/h2-6H,14H2,1H3,(H2,15,20). The summed E-state index contributed by atoms with van der Waals surface area (Å²) in [5.74, 6) is 0.299. The van der Waals surface area contributed by atoms with Crippen molar-refractivity contribution in [2.45, 2.75) is 6.92 Å². The van der Waals surface area contributed by atoms with Gasteiger partial charge in [-0.3, -0.25) is 0 Å². The van der Waals surface area contributed by atoms with Gasteiger partial charge in [0.1, 0.15) is 4.99 Å². The van der Waals surface area contributed by atoms with Gasteiger partial charge in [-0.25, -0.2) is 0 Å². The summed E-state index contributed by atoms with van der Waals surface area (Å²) in [6.45, 7) is 1.90. The monoisotopic (exact) mass is 284 g/mol. The normalized spacial score (nSPS) is 10.8. The van der Waals surface area contributed by atoms with Crippen molar-refractivity contribution in [2.75, 3.05) is 5.73 Å². The van der Waals surface area contributed by atoms with Crippen LogP contribution in [0.25, 0.3) is 16.8 Å². The zero-order valence-electron chi connectivity index (χ0n) is 10.7. The van der Waals surface area contributed by atoms with Crippen LogP contribution in [-0.4, -0.2) is 24.8 Å². The van der Waals surface area contributed by atoms with E-state index in [1.165, 1.54) is 4.52 Å². The van der Waals surface area contributed by atoms with Gasteiger partial charge in [-0.2, -0.15) is 9.61 Å². The summed E-state index contributed by atoms with van der Waals surface area (Å²) < 4.78 is 1.53. The molecular formula is C13H12N6S. The quantitative estimate of drug-likeness (QED) is 0.689. The van der Waals surface area contributed by atoms with Crippen molar-refractivity contribution < 1.29 is 0 Å². The number of thiocarbonyl (C=S) groups is 1. The first kappa shape index (κ1) is 12.5. The minimum Gasteiger partial charge on any atom is -0.388 e. The van der Waals surface area contributed by atoms with E-state index in [1.807, 2.05) is 37.3 Å². The molecular weight excluding hydrogens is 272 g/mol. The van der Waals surface area contributed by atoms with Crippen molar-refractivity contribution in [3.05, 3.63) is 41.7 Å². The van der Waals surface area contributed by atoms with Crippen molar-refractivity contribution in [3.63, 3.8) is 0 Å². The van der Waals surface area contributed by atoms with E-state index in [9.17, 15) is 0 Å². The summed E-state index contributed by atoms with van der Waals surface area (Å²) in [7, 11) is 0. The molecule has 0 fully saturated rings. The van der Waals surface area contributed by atoms with Crippen LogP contribution in [0.15, 0.2) is 30.3 Å². The largest absolute Gasteiger partial charge is 0.388 e. The number of benzene rings is 1. The summed E-state index contributed by atoms with van der Waals surface area (Å²) >= 11 is 4.90. The van der Waals surface area contributed by atoms with Crippen molar-refractivity contribution in [2.24, 2.45) is 5.73 Å². The summed E-state index contributed by atoms with van der Waals surface area (Å²) in [6.07, 6.45) is 0. The highest BCUT2D eigenvalue weighted by Gasteiger charge is 2.17. The van der Waals surface area contributed by atoms with Gasteiger partial charge in [-0.15, -0.1) is 10.2 Å². The zero-order valence-corrected chi connectivity index (χ0v) is 11.6. The molecule has 7 heteroatoms. The number of fused-ring (bicyclic) bond motifs is 1. The average Bonchev–Trinajstić information content (AvgIpc) is 2.77. The van der Waals surface area contributed by atoms with Crippen LogP contribution in [0.2, 0.25) is 0 Å². The molecule has 6 nitrogen and oxygen atoms in total. The Hall–Kier alpha value is -2.54. The lowest BCUT2D eigenvalue weighted by Gasteiger charge is -2.04. The lowest BCUT2D eigenvalue weighted by atomic mass is 10.1. The Balaban J connectivity index is 2.34. The second kappa shape index (κ2) is 4.53. The first-order valence-electron chi connectivity index (χ1n) is 5.96. The Bertz CT molecular complexity index is 809. The lowest BCUT2D eigenvalue weighted by molar-refractivity contribution is 0.883. The van der Waals surface area contributed by atoms with Crippen LogP contribution < -0.4 is 11.5 Å². The van der Waals surface area contributed by atoms with E-state index in [4.69, 9.17) is 23.7 Å². The molecule has 0 atom stereocenters. The average molecular weight is 284 g/mol. The van der Waals surface area contributed by atoms with Crippen LogP contribution in [-0.2, 0) is 0 Å². The Kier molecular flexibility index (Phi) is 2.83. The maximum Gasteiger partial charge on any atom is 0.187 e. The Labute approximate surface area is 120 Å². The molecule has 3 rings (SSSR count). The molecule has 0 aliphatic rings. The fourth-order valence-corrected chi connectivity index (χ4v) is 2.29. The van der Waals surface area contributed by atoms with Crippen LogP contribution in [0.5, 0.6) is 0 Å². The fourth-order valence-electron chi connectivity index (χ4n) is 2.14. The predicted octanol–water partition coefficient (Wildman–Crippen LogP) is 1.32. The summed E-state index contributed by atoms with van der Waals surface area (Å²) in [4.78, 5) is 0.103. The molecule has 4 N–H and O–H groups in total.